The Morgan fingerprint density at radius 1 is 0.731 bits per heavy atom. The molecule has 0 bridgehead atoms. The monoisotopic (exact) mass is 348 g/mol. The van der Waals surface area contributed by atoms with Crippen LogP contribution in [0.15, 0.2) is 107 Å². The lowest BCUT2D eigenvalue weighted by Crippen LogP contribution is -2.35. The standard InChI is InChI=1S/C24H18NSi/c1-3-10-18(11-4-1)24(19-12-5-2-6-13-19)17-9-15-21-23(24)20-14-7-8-16-22(20)26-25-21/h1-16H,17H2. The smallest absolute Gasteiger partial charge is 0.197 e. The molecule has 1 aliphatic carbocycles. The van der Waals surface area contributed by atoms with E-state index in [-0.39, 0.29) is 5.41 Å². The molecule has 2 heteroatoms. The second-order valence-electron chi connectivity index (χ2n) is 6.77. The molecular weight excluding hydrogens is 330 g/mol. The number of nitrogens with zero attached hydrogens (tertiary/aromatic N) is 1. The Morgan fingerprint density at radius 2 is 1.35 bits per heavy atom. The van der Waals surface area contributed by atoms with Gasteiger partial charge in [-0.1, -0.05) is 91.0 Å². The molecule has 1 heterocycles. The van der Waals surface area contributed by atoms with Crippen molar-refractivity contribution in [3.05, 3.63) is 119 Å². The van der Waals surface area contributed by atoms with E-state index in [9.17, 15) is 0 Å². The van der Waals surface area contributed by atoms with Crippen molar-refractivity contribution >= 4 is 20.1 Å². The van der Waals surface area contributed by atoms with Crippen molar-refractivity contribution in [2.75, 3.05) is 0 Å². The van der Waals surface area contributed by atoms with E-state index in [1.54, 1.807) is 0 Å². The summed E-state index contributed by atoms with van der Waals surface area (Å²) in [5.41, 5.74) is 6.31. The normalized spacial score (nSPS) is 16.9. The molecular formula is C24H18NSi. The van der Waals surface area contributed by atoms with E-state index in [0.717, 1.165) is 12.1 Å². The highest BCUT2D eigenvalue weighted by atomic mass is 28.2. The lowest BCUT2D eigenvalue weighted by atomic mass is 9.63. The Hall–Kier alpha value is -2.84. The average Bonchev–Trinajstić information content (AvgIpc) is 2.74. The van der Waals surface area contributed by atoms with Crippen LogP contribution in [0.4, 0.5) is 0 Å². The number of rotatable bonds is 2. The third kappa shape index (κ3) is 2.22. The van der Waals surface area contributed by atoms with Gasteiger partial charge in [0.15, 0.2) is 9.31 Å². The molecule has 5 rings (SSSR count). The van der Waals surface area contributed by atoms with Gasteiger partial charge in [-0.05, 0) is 39.9 Å². The molecule has 0 fully saturated rings. The van der Waals surface area contributed by atoms with Gasteiger partial charge in [0.25, 0.3) is 0 Å². The summed E-state index contributed by atoms with van der Waals surface area (Å²) in [5.74, 6) is 0. The van der Waals surface area contributed by atoms with Gasteiger partial charge in [0.05, 0.1) is 11.1 Å². The van der Waals surface area contributed by atoms with Crippen molar-refractivity contribution in [3.63, 3.8) is 0 Å². The van der Waals surface area contributed by atoms with E-state index >= 15 is 0 Å². The lowest BCUT2D eigenvalue weighted by molar-refractivity contribution is 0.663. The number of hydrogen-bond acceptors (Lipinski definition) is 1. The Bertz CT molecular complexity index is 1010. The van der Waals surface area contributed by atoms with Crippen molar-refractivity contribution in [2.24, 2.45) is 4.63 Å². The van der Waals surface area contributed by atoms with Gasteiger partial charge in [-0.25, -0.2) is 0 Å². The van der Waals surface area contributed by atoms with E-state index in [2.05, 4.69) is 97.1 Å². The Labute approximate surface area is 156 Å². The van der Waals surface area contributed by atoms with Gasteiger partial charge >= 0.3 is 0 Å². The van der Waals surface area contributed by atoms with E-state index in [1.807, 2.05) is 0 Å². The van der Waals surface area contributed by atoms with E-state index in [4.69, 9.17) is 4.63 Å². The van der Waals surface area contributed by atoms with Gasteiger partial charge in [-0.15, -0.1) is 0 Å². The zero-order valence-corrected chi connectivity index (χ0v) is 15.4. The average molecular weight is 349 g/mol. The van der Waals surface area contributed by atoms with E-state index < -0.39 is 0 Å². The zero-order chi connectivity index (χ0) is 17.4. The highest BCUT2D eigenvalue weighted by Crippen LogP contribution is 2.50. The molecule has 0 saturated carbocycles. The minimum absolute atomic E-state index is 0.197. The third-order valence-electron chi connectivity index (χ3n) is 5.41. The summed E-state index contributed by atoms with van der Waals surface area (Å²) in [5, 5.41) is 1.35. The Morgan fingerprint density at radius 3 is 2.04 bits per heavy atom. The molecule has 0 atom stereocenters. The van der Waals surface area contributed by atoms with Gasteiger partial charge in [0.2, 0.25) is 0 Å². The van der Waals surface area contributed by atoms with Crippen LogP contribution in [0.25, 0.3) is 5.57 Å². The molecule has 2 aliphatic rings. The van der Waals surface area contributed by atoms with Crippen LogP contribution < -0.4 is 5.19 Å². The maximum absolute atomic E-state index is 4.96. The van der Waals surface area contributed by atoms with E-state index in [1.165, 1.54) is 27.5 Å². The summed E-state index contributed by atoms with van der Waals surface area (Å²) in [6.07, 6.45) is 5.45. The zero-order valence-electron chi connectivity index (χ0n) is 14.4. The quantitative estimate of drug-likeness (QED) is 0.586. The molecule has 0 N–H and O–H groups in total. The van der Waals surface area contributed by atoms with Crippen LogP contribution in [0, 0.1) is 0 Å². The Balaban J connectivity index is 1.88. The molecule has 0 aromatic heterocycles. The first-order valence-electron chi connectivity index (χ1n) is 8.98. The summed E-state index contributed by atoms with van der Waals surface area (Å²) in [4.78, 5) is 0. The fraction of sp³-hybridized carbons (Fsp3) is 0.0833. The molecule has 3 aromatic rings. The molecule has 1 aliphatic heterocycles. The number of fused-ring (bicyclic) bond motifs is 2. The SMILES string of the molecule is C1=CC2=C(c3ccccc3[Si]=N2)C(c2ccccc2)(c2ccccc2)C1. The maximum Gasteiger partial charge on any atom is 0.197 e. The molecule has 1 radical (unpaired) electrons. The predicted octanol–water partition coefficient (Wildman–Crippen LogP) is 4.87. The van der Waals surface area contributed by atoms with Crippen molar-refractivity contribution < 1.29 is 0 Å². The number of benzene rings is 3. The van der Waals surface area contributed by atoms with E-state index in [0.29, 0.717) is 9.31 Å². The van der Waals surface area contributed by atoms with Crippen molar-refractivity contribution in [1.29, 1.82) is 0 Å². The van der Waals surface area contributed by atoms with Gasteiger partial charge in [0, 0.05) is 0 Å². The van der Waals surface area contributed by atoms with Crippen LogP contribution in [-0.4, -0.2) is 9.31 Å². The second-order valence-corrected chi connectivity index (χ2v) is 7.76. The molecule has 1 nitrogen and oxygen atoms in total. The fourth-order valence-corrected chi connectivity index (χ4v) is 5.19. The highest BCUT2D eigenvalue weighted by Gasteiger charge is 2.42. The minimum atomic E-state index is -0.197. The van der Waals surface area contributed by atoms with Gasteiger partial charge in [0.1, 0.15) is 0 Å². The summed E-state index contributed by atoms with van der Waals surface area (Å²) in [6, 6.07) is 30.6. The van der Waals surface area contributed by atoms with Crippen molar-refractivity contribution in [1.82, 2.24) is 0 Å². The topological polar surface area (TPSA) is 12.4 Å². The highest BCUT2D eigenvalue weighted by molar-refractivity contribution is 6.45. The van der Waals surface area contributed by atoms with Crippen LogP contribution in [0.5, 0.6) is 0 Å². The summed E-state index contributed by atoms with van der Waals surface area (Å²) in [6.45, 7) is 0. The number of allylic oxidation sites excluding steroid dienone is 3. The Kier molecular flexibility index (Phi) is 3.65. The summed E-state index contributed by atoms with van der Waals surface area (Å²) >= 11 is 0. The fourth-order valence-electron chi connectivity index (χ4n) is 4.27. The first-order chi connectivity index (χ1) is 12.9. The molecule has 0 unspecified atom stereocenters. The third-order valence-corrected chi connectivity index (χ3v) is 6.44. The second kappa shape index (κ2) is 6.15. The largest absolute Gasteiger partial charge is 0.295 e. The van der Waals surface area contributed by atoms with Crippen LogP contribution in [0.1, 0.15) is 23.1 Å². The summed E-state index contributed by atoms with van der Waals surface area (Å²) < 4.78 is 4.96. The van der Waals surface area contributed by atoms with Crippen LogP contribution >= 0.6 is 0 Å². The van der Waals surface area contributed by atoms with Crippen LogP contribution in [0.2, 0.25) is 0 Å². The van der Waals surface area contributed by atoms with Crippen LogP contribution in [0.3, 0.4) is 0 Å². The molecule has 3 aromatic carbocycles. The first kappa shape index (κ1) is 15.4. The van der Waals surface area contributed by atoms with Crippen LogP contribution in [-0.2, 0) is 5.41 Å². The molecule has 123 valence electrons. The number of hydrogen-bond donors (Lipinski definition) is 0. The van der Waals surface area contributed by atoms with Gasteiger partial charge in [-0.3, -0.25) is 4.63 Å². The first-order valence-corrected chi connectivity index (χ1v) is 9.93. The molecule has 0 amide bonds. The maximum atomic E-state index is 4.96. The molecule has 0 saturated heterocycles. The van der Waals surface area contributed by atoms with Gasteiger partial charge < -0.3 is 0 Å². The minimum Gasteiger partial charge on any atom is -0.295 e. The van der Waals surface area contributed by atoms with Crippen molar-refractivity contribution in [2.45, 2.75) is 11.8 Å². The summed E-state index contributed by atoms with van der Waals surface area (Å²) in [7, 11) is 0.490. The lowest BCUT2D eigenvalue weighted by Gasteiger charge is -2.41. The van der Waals surface area contributed by atoms with Gasteiger partial charge in [-0.2, -0.15) is 0 Å². The molecule has 0 spiro atoms. The predicted molar refractivity (Wildman–Crippen MR) is 109 cm³/mol. The van der Waals surface area contributed by atoms with Crippen molar-refractivity contribution in [3.8, 4) is 0 Å². The molecule has 26 heavy (non-hydrogen) atoms.